The molecule has 0 heterocycles. The lowest BCUT2D eigenvalue weighted by molar-refractivity contribution is -0.131. The summed E-state index contributed by atoms with van der Waals surface area (Å²) in [6.07, 6.45) is 21.1. The monoisotopic (exact) mass is 619 g/mol. The van der Waals surface area contributed by atoms with Crippen LogP contribution in [0.4, 0.5) is 0 Å². The Kier molecular flexibility index (Phi) is 21.8. The van der Waals surface area contributed by atoms with Crippen LogP contribution in [0.1, 0.15) is 117 Å². The molecule has 1 atom stereocenters. The molecule has 0 aliphatic rings. The van der Waals surface area contributed by atoms with Crippen LogP contribution in [-0.4, -0.2) is 44.6 Å². The molecule has 10 heteroatoms. The number of unbranched alkanes of at least 4 members (excludes halogenated alkanes) is 11. The van der Waals surface area contributed by atoms with Crippen molar-refractivity contribution in [3.05, 3.63) is 36.4 Å². The Balaban J connectivity index is 2.22. The summed E-state index contributed by atoms with van der Waals surface area (Å²) in [5.74, 6) is 4.98. The van der Waals surface area contributed by atoms with E-state index in [4.69, 9.17) is 9.94 Å². The van der Waals surface area contributed by atoms with E-state index in [1.54, 1.807) is 6.92 Å². The fourth-order valence-corrected chi connectivity index (χ4v) is 5.69. The molecular formula is C33H53N3O6S. The summed E-state index contributed by atoms with van der Waals surface area (Å²) in [5.41, 5.74) is 1.51. The Morgan fingerprint density at radius 3 is 2.12 bits per heavy atom. The van der Waals surface area contributed by atoms with Gasteiger partial charge in [0.15, 0.2) is 0 Å². The Morgan fingerprint density at radius 1 is 0.907 bits per heavy atom. The first-order chi connectivity index (χ1) is 20.8. The minimum Gasteiger partial charge on any atom is -0.481 e. The smallest absolute Gasteiger partial charge is 0.261 e. The van der Waals surface area contributed by atoms with Crippen molar-refractivity contribution in [2.24, 2.45) is 0 Å². The molecule has 43 heavy (non-hydrogen) atoms. The van der Waals surface area contributed by atoms with E-state index in [1.807, 2.05) is 0 Å². The Hall–Kier alpha value is -2.87. The maximum absolute atomic E-state index is 12.8. The number of ether oxygens (including phenoxy) is 1. The third-order valence-corrected chi connectivity index (χ3v) is 8.49. The quantitative estimate of drug-likeness (QED) is 0.0340. The Labute approximate surface area is 259 Å². The van der Waals surface area contributed by atoms with E-state index in [0.29, 0.717) is 25.1 Å². The second kappa shape index (κ2) is 24.6. The van der Waals surface area contributed by atoms with Crippen molar-refractivity contribution in [3.63, 3.8) is 0 Å². The zero-order valence-corrected chi connectivity index (χ0v) is 27.0. The average molecular weight is 620 g/mol. The summed E-state index contributed by atoms with van der Waals surface area (Å²) in [5, 5.41) is 11.9. The molecular weight excluding hydrogens is 566 g/mol. The molecule has 0 fully saturated rings. The van der Waals surface area contributed by atoms with Crippen LogP contribution in [0.15, 0.2) is 41.3 Å². The molecule has 1 aromatic rings. The summed E-state index contributed by atoms with van der Waals surface area (Å²) in [4.78, 5) is 24.2. The molecule has 1 rings (SSSR count). The summed E-state index contributed by atoms with van der Waals surface area (Å²) >= 11 is 0. The first-order valence-electron chi connectivity index (χ1n) is 15.8. The van der Waals surface area contributed by atoms with E-state index in [0.717, 1.165) is 25.7 Å². The number of allylic oxidation sites excluding steroid dienone is 2. The molecule has 2 amide bonds. The van der Waals surface area contributed by atoms with Gasteiger partial charge in [0.1, 0.15) is 18.4 Å². The number of carbonyl (C=O) groups excluding carboxylic acids is 2. The summed E-state index contributed by atoms with van der Waals surface area (Å²) in [7, 11) is -4.04. The van der Waals surface area contributed by atoms with Crippen LogP contribution < -0.4 is 20.3 Å². The van der Waals surface area contributed by atoms with Crippen LogP contribution in [0.25, 0.3) is 0 Å². The van der Waals surface area contributed by atoms with Gasteiger partial charge < -0.3 is 10.1 Å². The minimum atomic E-state index is -4.04. The Bertz CT molecular complexity index is 1090. The second-order valence-electron chi connectivity index (χ2n) is 10.7. The third kappa shape index (κ3) is 19.1. The van der Waals surface area contributed by atoms with Gasteiger partial charge >= 0.3 is 0 Å². The van der Waals surface area contributed by atoms with Gasteiger partial charge in [-0.3, -0.25) is 14.8 Å². The predicted octanol–water partition coefficient (Wildman–Crippen LogP) is 6.17. The van der Waals surface area contributed by atoms with Crippen LogP contribution in [-0.2, 0) is 19.6 Å². The summed E-state index contributed by atoms with van der Waals surface area (Å²) in [6.45, 7) is 4.42. The molecule has 0 saturated carbocycles. The molecule has 1 aromatic carbocycles. The van der Waals surface area contributed by atoms with Crippen molar-refractivity contribution in [3.8, 4) is 17.6 Å². The fraction of sp³-hybridized carbons (Fsp3) is 0.636. The highest BCUT2D eigenvalue weighted by Gasteiger charge is 2.25. The van der Waals surface area contributed by atoms with Crippen LogP contribution >= 0.6 is 0 Å². The lowest BCUT2D eigenvalue weighted by Gasteiger charge is -2.17. The zero-order valence-electron chi connectivity index (χ0n) is 26.2. The highest BCUT2D eigenvalue weighted by atomic mass is 32.2. The third-order valence-electron chi connectivity index (χ3n) is 7.00. The number of benzene rings is 1. The van der Waals surface area contributed by atoms with Crippen molar-refractivity contribution in [2.45, 2.75) is 128 Å². The minimum absolute atomic E-state index is 0.0505. The van der Waals surface area contributed by atoms with Gasteiger partial charge in [-0.1, -0.05) is 76.4 Å². The van der Waals surface area contributed by atoms with Gasteiger partial charge in [-0.2, -0.15) is 4.72 Å². The van der Waals surface area contributed by atoms with E-state index >= 15 is 0 Å². The number of carbonyl (C=O) groups is 2. The number of hydroxylamine groups is 1. The van der Waals surface area contributed by atoms with E-state index < -0.39 is 22.0 Å². The maximum Gasteiger partial charge on any atom is 0.261 e. The van der Waals surface area contributed by atoms with Crippen LogP contribution in [0, 0.1) is 11.8 Å². The summed E-state index contributed by atoms with van der Waals surface area (Å²) < 4.78 is 33.3. The number of hydrogen-bond acceptors (Lipinski definition) is 6. The molecule has 0 aliphatic carbocycles. The van der Waals surface area contributed by atoms with Crippen molar-refractivity contribution < 1.29 is 28.0 Å². The van der Waals surface area contributed by atoms with Crippen LogP contribution in [0.5, 0.6) is 5.75 Å². The van der Waals surface area contributed by atoms with Crippen molar-refractivity contribution in [2.75, 3.05) is 13.2 Å². The SMILES string of the molecule is CC#CCOc1ccc(S(=O)(=O)N[C@H](CCCNC(=O)CCCCCCC/C=C\CCCCCCCC)C(=O)NO)cc1. The molecule has 0 radical (unpaired) electrons. The predicted molar refractivity (Wildman–Crippen MR) is 171 cm³/mol. The fourth-order valence-electron chi connectivity index (χ4n) is 4.46. The summed E-state index contributed by atoms with van der Waals surface area (Å²) in [6, 6.07) is 4.52. The number of nitrogens with one attached hydrogen (secondary N) is 3. The van der Waals surface area contributed by atoms with Gasteiger partial charge in [0.2, 0.25) is 15.9 Å². The van der Waals surface area contributed by atoms with Crippen molar-refractivity contribution in [1.82, 2.24) is 15.5 Å². The number of amides is 2. The van der Waals surface area contributed by atoms with Gasteiger partial charge in [0.05, 0.1) is 4.90 Å². The number of rotatable bonds is 25. The largest absolute Gasteiger partial charge is 0.481 e. The molecule has 0 saturated heterocycles. The molecule has 0 spiro atoms. The number of sulfonamides is 1. The topological polar surface area (TPSA) is 134 Å². The van der Waals surface area contributed by atoms with Gasteiger partial charge in [-0.05, 0) is 76.1 Å². The molecule has 9 nitrogen and oxygen atoms in total. The van der Waals surface area contributed by atoms with Crippen LogP contribution in [0.3, 0.4) is 0 Å². The highest BCUT2D eigenvalue weighted by Crippen LogP contribution is 2.17. The maximum atomic E-state index is 12.8. The van der Waals surface area contributed by atoms with Gasteiger partial charge in [-0.15, -0.1) is 5.92 Å². The highest BCUT2D eigenvalue weighted by molar-refractivity contribution is 7.89. The Morgan fingerprint density at radius 2 is 1.51 bits per heavy atom. The number of hydrogen-bond donors (Lipinski definition) is 4. The van der Waals surface area contributed by atoms with Crippen molar-refractivity contribution in [1.29, 1.82) is 0 Å². The van der Waals surface area contributed by atoms with Crippen LogP contribution in [0.2, 0.25) is 0 Å². The van der Waals surface area contributed by atoms with Gasteiger partial charge in [0, 0.05) is 13.0 Å². The van der Waals surface area contributed by atoms with E-state index in [1.165, 1.54) is 87.5 Å². The van der Waals surface area contributed by atoms with E-state index in [-0.39, 0.29) is 23.8 Å². The lowest BCUT2D eigenvalue weighted by atomic mass is 10.1. The average Bonchev–Trinajstić information content (AvgIpc) is 3.00. The molecule has 0 bridgehead atoms. The first-order valence-corrected chi connectivity index (χ1v) is 17.3. The van der Waals surface area contributed by atoms with Crippen molar-refractivity contribution >= 4 is 21.8 Å². The van der Waals surface area contributed by atoms with E-state index in [9.17, 15) is 18.0 Å². The lowest BCUT2D eigenvalue weighted by Crippen LogP contribution is -2.46. The van der Waals surface area contributed by atoms with Gasteiger partial charge in [0.25, 0.3) is 5.91 Å². The molecule has 0 unspecified atom stereocenters. The first kappa shape index (κ1) is 38.2. The molecule has 242 valence electrons. The standard InChI is InChI=1S/C33H53N3O6S/c1-3-5-7-8-9-10-11-12-13-14-15-16-17-18-19-22-32(37)34-27-20-21-31(33(38)35-39)36-43(40,41)30-25-23-29(24-26-30)42-28-6-4-2/h12-13,23-26,31,36,39H,3,5,7-11,14-22,27-28H2,1-2H3,(H,34,37)(H,35,38)/b13-12-/t31-/m1/s1. The van der Waals surface area contributed by atoms with Gasteiger partial charge in [-0.25, -0.2) is 13.9 Å². The molecule has 4 N–H and O–H groups in total. The van der Waals surface area contributed by atoms with E-state index in [2.05, 4.69) is 41.0 Å². The molecule has 0 aliphatic heterocycles. The molecule has 0 aromatic heterocycles. The normalized spacial score (nSPS) is 12.0. The second-order valence-corrected chi connectivity index (χ2v) is 12.4. The zero-order chi connectivity index (χ0) is 31.6.